The van der Waals surface area contributed by atoms with Gasteiger partial charge in [-0.15, -0.1) is 0 Å². The van der Waals surface area contributed by atoms with Crippen LogP contribution in [0.5, 0.6) is 0 Å². The molecule has 0 radical (unpaired) electrons. The molecule has 0 spiro atoms. The Kier molecular flexibility index (Phi) is 4.95. The van der Waals surface area contributed by atoms with Crippen LogP contribution in [-0.4, -0.2) is 34.8 Å². The fraction of sp³-hybridized carbons (Fsp3) is 0.600. The van der Waals surface area contributed by atoms with Gasteiger partial charge in [0.15, 0.2) is 0 Å². The van der Waals surface area contributed by atoms with E-state index in [0.717, 1.165) is 25.7 Å². The first-order valence-electron chi connectivity index (χ1n) is 7.22. The minimum absolute atomic E-state index is 0.353. The topological polar surface area (TPSA) is 71.5 Å². The maximum atomic E-state index is 11.5. The zero-order valence-electron chi connectivity index (χ0n) is 11.9. The summed E-state index contributed by atoms with van der Waals surface area (Å²) in [4.78, 5) is 15.7. The van der Waals surface area contributed by atoms with Gasteiger partial charge in [-0.05, 0) is 31.9 Å². The van der Waals surface area contributed by atoms with Crippen LogP contribution in [0.25, 0.3) is 0 Å². The van der Waals surface area contributed by atoms with Gasteiger partial charge < -0.3 is 15.2 Å². The first kappa shape index (κ1) is 14.8. The highest BCUT2D eigenvalue weighted by Gasteiger charge is 2.28. The third-order valence-electron chi connectivity index (χ3n) is 3.66. The largest absolute Gasteiger partial charge is 0.462 e. The van der Waals surface area contributed by atoms with Crippen molar-refractivity contribution in [2.75, 3.05) is 18.5 Å². The van der Waals surface area contributed by atoms with E-state index < -0.39 is 5.60 Å². The Morgan fingerprint density at radius 1 is 1.40 bits per heavy atom. The summed E-state index contributed by atoms with van der Waals surface area (Å²) in [5.74, 6) is 0.300. The number of aliphatic hydroxyl groups is 1. The third kappa shape index (κ3) is 3.93. The molecule has 20 heavy (non-hydrogen) atoms. The molecule has 1 heterocycles. The summed E-state index contributed by atoms with van der Waals surface area (Å²) in [6.45, 7) is 2.62. The SMILES string of the molecule is CCOC(=O)c1ccc(NCC2(O)CCCCC2)nc1. The lowest BCUT2D eigenvalue weighted by atomic mass is 9.85. The summed E-state index contributed by atoms with van der Waals surface area (Å²) < 4.78 is 4.90. The summed E-state index contributed by atoms with van der Waals surface area (Å²) in [6.07, 6.45) is 6.52. The maximum Gasteiger partial charge on any atom is 0.339 e. The second-order valence-corrected chi connectivity index (χ2v) is 5.29. The molecular formula is C15H22N2O3. The van der Waals surface area contributed by atoms with E-state index in [9.17, 15) is 9.90 Å². The zero-order chi connectivity index (χ0) is 14.4. The molecule has 0 amide bonds. The van der Waals surface area contributed by atoms with E-state index in [2.05, 4.69) is 10.3 Å². The second-order valence-electron chi connectivity index (χ2n) is 5.29. The number of hydrogen-bond acceptors (Lipinski definition) is 5. The third-order valence-corrected chi connectivity index (χ3v) is 3.66. The zero-order valence-corrected chi connectivity index (χ0v) is 11.9. The Morgan fingerprint density at radius 2 is 2.15 bits per heavy atom. The second kappa shape index (κ2) is 6.70. The normalized spacial score (nSPS) is 17.5. The minimum atomic E-state index is -0.625. The van der Waals surface area contributed by atoms with Crippen LogP contribution in [-0.2, 0) is 4.74 Å². The number of anilines is 1. The van der Waals surface area contributed by atoms with Crippen molar-refractivity contribution in [1.29, 1.82) is 0 Å². The van der Waals surface area contributed by atoms with E-state index in [0.29, 0.717) is 24.5 Å². The summed E-state index contributed by atoms with van der Waals surface area (Å²) in [7, 11) is 0. The summed E-state index contributed by atoms with van der Waals surface area (Å²) >= 11 is 0. The number of hydrogen-bond donors (Lipinski definition) is 2. The van der Waals surface area contributed by atoms with Gasteiger partial charge in [-0.25, -0.2) is 9.78 Å². The van der Waals surface area contributed by atoms with E-state index in [4.69, 9.17) is 4.74 Å². The fourth-order valence-corrected chi connectivity index (χ4v) is 2.48. The Morgan fingerprint density at radius 3 is 2.75 bits per heavy atom. The van der Waals surface area contributed by atoms with Crippen LogP contribution in [0, 0.1) is 0 Å². The van der Waals surface area contributed by atoms with Crippen molar-refractivity contribution in [3.05, 3.63) is 23.9 Å². The number of nitrogens with zero attached hydrogens (tertiary/aromatic N) is 1. The molecule has 0 saturated heterocycles. The van der Waals surface area contributed by atoms with Gasteiger partial charge in [0.1, 0.15) is 5.82 Å². The highest BCUT2D eigenvalue weighted by Crippen LogP contribution is 2.28. The average Bonchev–Trinajstić information content (AvgIpc) is 2.47. The number of esters is 1. The van der Waals surface area contributed by atoms with Gasteiger partial charge >= 0.3 is 5.97 Å². The molecular weight excluding hydrogens is 256 g/mol. The fourth-order valence-electron chi connectivity index (χ4n) is 2.48. The first-order valence-corrected chi connectivity index (χ1v) is 7.22. The summed E-state index contributed by atoms with van der Waals surface area (Å²) in [6, 6.07) is 3.41. The quantitative estimate of drug-likeness (QED) is 0.809. The summed E-state index contributed by atoms with van der Waals surface area (Å²) in [5, 5.41) is 13.5. The monoisotopic (exact) mass is 278 g/mol. The van der Waals surface area contributed by atoms with E-state index in [1.54, 1.807) is 19.1 Å². The van der Waals surface area contributed by atoms with Crippen molar-refractivity contribution in [1.82, 2.24) is 4.98 Å². The molecule has 1 fully saturated rings. The molecule has 1 aliphatic rings. The van der Waals surface area contributed by atoms with Crippen LogP contribution in [0.1, 0.15) is 49.4 Å². The van der Waals surface area contributed by atoms with E-state index in [1.807, 2.05) is 0 Å². The molecule has 0 atom stereocenters. The number of carbonyl (C=O) groups is 1. The minimum Gasteiger partial charge on any atom is -0.462 e. The highest BCUT2D eigenvalue weighted by molar-refractivity contribution is 5.89. The van der Waals surface area contributed by atoms with Crippen LogP contribution >= 0.6 is 0 Å². The lowest BCUT2D eigenvalue weighted by Gasteiger charge is -2.32. The molecule has 0 unspecified atom stereocenters. The Balaban J connectivity index is 1.89. The number of ether oxygens (including phenoxy) is 1. The Hall–Kier alpha value is -1.62. The van der Waals surface area contributed by atoms with Gasteiger partial charge in [0.25, 0.3) is 0 Å². The maximum absolute atomic E-state index is 11.5. The van der Waals surface area contributed by atoms with Gasteiger partial charge in [0.2, 0.25) is 0 Å². The van der Waals surface area contributed by atoms with Crippen LogP contribution in [0.15, 0.2) is 18.3 Å². The van der Waals surface area contributed by atoms with Crippen molar-refractivity contribution in [3.8, 4) is 0 Å². The van der Waals surface area contributed by atoms with Crippen LogP contribution in [0.4, 0.5) is 5.82 Å². The smallest absolute Gasteiger partial charge is 0.339 e. The number of nitrogens with one attached hydrogen (secondary N) is 1. The average molecular weight is 278 g/mol. The number of pyridine rings is 1. The molecule has 0 bridgehead atoms. The highest BCUT2D eigenvalue weighted by atomic mass is 16.5. The lowest BCUT2D eigenvalue weighted by Crippen LogP contribution is -2.38. The van der Waals surface area contributed by atoms with Gasteiger partial charge in [-0.1, -0.05) is 19.3 Å². The van der Waals surface area contributed by atoms with Crippen molar-refractivity contribution < 1.29 is 14.6 Å². The number of aromatic nitrogens is 1. The van der Waals surface area contributed by atoms with Crippen molar-refractivity contribution in [3.63, 3.8) is 0 Å². The molecule has 1 aromatic rings. The number of rotatable bonds is 5. The molecule has 0 aromatic carbocycles. The predicted molar refractivity (Wildman–Crippen MR) is 76.7 cm³/mol. The van der Waals surface area contributed by atoms with Gasteiger partial charge in [0.05, 0.1) is 17.8 Å². The Labute approximate surface area is 119 Å². The van der Waals surface area contributed by atoms with Gasteiger partial charge in [-0.2, -0.15) is 0 Å². The van der Waals surface area contributed by atoms with E-state index in [-0.39, 0.29) is 5.97 Å². The lowest BCUT2D eigenvalue weighted by molar-refractivity contribution is 0.0166. The first-order chi connectivity index (χ1) is 9.63. The van der Waals surface area contributed by atoms with E-state index in [1.165, 1.54) is 12.6 Å². The van der Waals surface area contributed by atoms with Crippen molar-refractivity contribution in [2.24, 2.45) is 0 Å². The molecule has 0 aliphatic heterocycles. The molecule has 5 heteroatoms. The Bertz CT molecular complexity index is 439. The van der Waals surface area contributed by atoms with Gasteiger partial charge in [0, 0.05) is 12.7 Å². The van der Waals surface area contributed by atoms with Crippen molar-refractivity contribution >= 4 is 11.8 Å². The molecule has 1 saturated carbocycles. The molecule has 2 N–H and O–H groups in total. The van der Waals surface area contributed by atoms with Crippen LogP contribution < -0.4 is 5.32 Å². The van der Waals surface area contributed by atoms with Crippen LogP contribution in [0.3, 0.4) is 0 Å². The molecule has 110 valence electrons. The molecule has 5 nitrogen and oxygen atoms in total. The standard InChI is InChI=1S/C15H22N2O3/c1-2-20-14(18)12-6-7-13(16-10-12)17-11-15(19)8-4-3-5-9-15/h6-7,10,19H,2-5,8-9,11H2,1H3,(H,16,17). The molecule has 2 rings (SSSR count). The predicted octanol–water partition coefficient (Wildman–Crippen LogP) is 2.37. The number of carbonyl (C=O) groups excluding carboxylic acids is 1. The van der Waals surface area contributed by atoms with Crippen LogP contribution in [0.2, 0.25) is 0 Å². The van der Waals surface area contributed by atoms with Crippen molar-refractivity contribution in [2.45, 2.75) is 44.6 Å². The van der Waals surface area contributed by atoms with E-state index >= 15 is 0 Å². The molecule has 1 aliphatic carbocycles. The molecule has 1 aromatic heterocycles. The summed E-state index contributed by atoms with van der Waals surface area (Å²) in [5.41, 5.74) is -0.187. The van der Waals surface area contributed by atoms with Gasteiger partial charge in [-0.3, -0.25) is 0 Å².